The maximum Gasteiger partial charge on any atom is 0.278 e. The summed E-state index contributed by atoms with van der Waals surface area (Å²) in [5.74, 6) is -3.00. The van der Waals surface area contributed by atoms with Crippen LogP contribution < -0.4 is 10.4 Å². The number of pyridine rings is 1. The molecule has 0 atom stereocenters. The minimum absolute atomic E-state index is 0.143. The van der Waals surface area contributed by atoms with Gasteiger partial charge in [0.2, 0.25) is 5.43 Å². The van der Waals surface area contributed by atoms with E-state index in [0.29, 0.717) is 5.56 Å². The molecule has 132 valence electrons. The van der Waals surface area contributed by atoms with Crippen molar-refractivity contribution in [2.45, 2.75) is 26.4 Å². The van der Waals surface area contributed by atoms with Crippen molar-refractivity contribution >= 4 is 5.91 Å². The number of aromatic hydroxyl groups is 1. The molecule has 6 nitrogen and oxygen atoms in total. The average Bonchev–Trinajstić information content (AvgIpc) is 2.56. The monoisotopic (exact) mass is 349 g/mol. The van der Waals surface area contributed by atoms with Gasteiger partial charge in [0, 0.05) is 18.3 Å². The molecule has 1 N–H and O–H groups in total. The Hall–Kier alpha value is -2.90. The standard InChI is InChI=1S/C17H17F2N3O3/c1-10(2)21-9-20(8-11-3-4-12(18)13(19)7-11)22-6-5-14(23)16(24)15(22)17(21)25/h3-7,10,24H,8-9H2,1-2H3. The van der Waals surface area contributed by atoms with Gasteiger partial charge in [0.05, 0.1) is 6.54 Å². The van der Waals surface area contributed by atoms with Crippen molar-refractivity contribution < 1.29 is 18.7 Å². The molecule has 0 unspecified atom stereocenters. The van der Waals surface area contributed by atoms with Crippen molar-refractivity contribution in [3.05, 3.63) is 63.6 Å². The Labute approximate surface area is 142 Å². The van der Waals surface area contributed by atoms with E-state index in [-0.39, 0.29) is 24.9 Å². The second-order valence-electron chi connectivity index (χ2n) is 6.14. The molecule has 1 aromatic carbocycles. The number of hydrogen-bond donors (Lipinski definition) is 1. The van der Waals surface area contributed by atoms with E-state index < -0.39 is 28.7 Å². The lowest BCUT2D eigenvalue weighted by Crippen LogP contribution is -2.55. The second-order valence-corrected chi connectivity index (χ2v) is 6.14. The summed E-state index contributed by atoms with van der Waals surface area (Å²) in [7, 11) is 0. The zero-order chi connectivity index (χ0) is 18.3. The summed E-state index contributed by atoms with van der Waals surface area (Å²) in [6, 6.07) is 4.52. The predicted octanol–water partition coefficient (Wildman–Crippen LogP) is 1.79. The fourth-order valence-corrected chi connectivity index (χ4v) is 2.77. The lowest BCUT2D eigenvalue weighted by Gasteiger charge is -2.41. The van der Waals surface area contributed by atoms with Crippen LogP contribution in [0, 0.1) is 11.6 Å². The van der Waals surface area contributed by atoms with Crippen molar-refractivity contribution in [1.82, 2.24) is 9.58 Å². The fourth-order valence-electron chi connectivity index (χ4n) is 2.77. The van der Waals surface area contributed by atoms with E-state index in [4.69, 9.17) is 0 Å². The molecule has 1 amide bonds. The van der Waals surface area contributed by atoms with Crippen LogP contribution in [0.3, 0.4) is 0 Å². The van der Waals surface area contributed by atoms with Gasteiger partial charge in [-0.15, -0.1) is 0 Å². The minimum Gasteiger partial charge on any atom is -0.502 e. The van der Waals surface area contributed by atoms with Gasteiger partial charge in [0.15, 0.2) is 23.1 Å². The van der Waals surface area contributed by atoms with Crippen LogP contribution in [-0.4, -0.2) is 33.3 Å². The van der Waals surface area contributed by atoms with E-state index in [0.717, 1.165) is 18.2 Å². The number of nitrogens with zero attached hydrogens (tertiary/aromatic N) is 3. The molecular weight excluding hydrogens is 332 g/mol. The quantitative estimate of drug-likeness (QED) is 0.918. The third kappa shape index (κ3) is 2.95. The van der Waals surface area contributed by atoms with E-state index >= 15 is 0 Å². The zero-order valence-electron chi connectivity index (χ0n) is 13.7. The summed E-state index contributed by atoms with van der Waals surface area (Å²) < 4.78 is 28.0. The van der Waals surface area contributed by atoms with E-state index in [2.05, 4.69) is 0 Å². The van der Waals surface area contributed by atoms with Gasteiger partial charge in [-0.1, -0.05) is 6.07 Å². The van der Waals surface area contributed by atoms with Gasteiger partial charge < -0.3 is 10.0 Å². The molecule has 0 saturated heterocycles. The lowest BCUT2D eigenvalue weighted by atomic mass is 10.2. The minimum atomic E-state index is -0.964. The van der Waals surface area contributed by atoms with Crippen LogP contribution in [0.5, 0.6) is 5.75 Å². The first kappa shape index (κ1) is 16.9. The molecule has 1 aliphatic heterocycles. The van der Waals surface area contributed by atoms with Crippen LogP contribution in [0.25, 0.3) is 0 Å². The highest BCUT2D eigenvalue weighted by Crippen LogP contribution is 2.22. The molecule has 2 aromatic rings. The van der Waals surface area contributed by atoms with Gasteiger partial charge >= 0.3 is 0 Å². The van der Waals surface area contributed by atoms with E-state index in [1.54, 1.807) is 18.9 Å². The van der Waals surface area contributed by atoms with Gasteiger partial charge in [-0.05, 0) is 31.5 Å². The van der Waals surface area contributed by atoms with Gasteiger partial charge in [-0.3, -0.25) is 19.3 Å². The third-order valence-electron chi connectivity index (χ3n) is 4.11. The first-order valence-corrected chi connectivity index (χ1v) is 7.74. The van der Waals surface area contributed by atoms with Gasteiger partial charge in [-0.25, -0.2) is 8.78 Å². The molecule has 1 aliphatic rings. The van der Waals surface area contributed by atoms with Crippen molar-refractivity contribution in [2.75, 3.05) is 11.7 Å². The van der Waals surface area contributed by atoms with Gasteiger partial charge in [0.25, 0.3) is 5.91 Å². The highest BCUT2D eigenvalue weighted by Gasteiger charge is 2.33. The van der Waals surface area contributed by atoms with Crippen molar-refractivity contribution in [2.24, 2.45) is 0 Å². The van der Waals surface area contributed by atoms with Gasteiger partial charge in [-0.2, -0.15) is 0 Å². The van der Waals surface area contributed by atoms with E-state index in [9.17, 15) is 23.5 Å². The maximum absolute atomic E-state index is 13.5. The fraction of sp³-hybridized carbons (Fsp3) is 0.294. The predicted molar refractivity (Wildman–Crippen MR) is 86.8 cm³/mol. The van der Waals surface area contributed by atoms with E-state index in [1.165, 1.54) is 21.8 Å². The second kappa shape index (κ2) is 6.19. The van der Waals surface area contributed by atoms with Crippen LogP contribution in [0.15, 0.2) is 35.3 Å². The highest BCUT2D eigenvalue weighted by atomic mass is 19.2. The molecule has 0 aliphatic carbocycles. The van der Waals surface area contributed by atoms with Crippen molar-refractivity contribution in [3.8, 4) is 5.75 Å². The number of amides is 1. The van der Waals surface area contributed by atoms with Gasteiger partial charge in [0.1, 0.15) is 6.67 Å². The summed E-state index contributed by atoms with van der Waals surface area (Å²) in [4.78, 5) is 25.8. The highest BCUT2D eigenvalue weighted by molar-refractivity contribution is 5.96. The first-order valence-electron chi connectivity index (χ1n) is 7.74. The number of rotatable bonds is 3. The van der Waals surface area contributed by atoms with Crippen LogP contribution in [-0.2, 0) is 6.54 Å². The number of halogens is 2. The average molecular weight is 349 g/mol. The Morgan fingerprint density at radius 1 is 1.16 bits per heavy atom. The number of carbonyl (C=O) groups excluding carboxylic acids is 1. The number of aromatic nitrogens is 1. The normalized spacial score (nSPS) is 14.2. The summed E-state index contributed by atoms with van der Waals surface area (Å²) in [6.45, 7) is 3.94. The molecule has 0 saturated carbocycles. The summed E-state index contributed by atoms with van der Waals surface area (Å²) in [5.41, 5.74) is -0.311. The molecular formula is C17H17F2N3O3. The molecule has 25 heavy (non-hydrogen) atoms. The smallest absolute Gasteiger partial charge is 0.278 e. The van der Waals surface area contributed by atoms with Crippen LogP contribution in [0.1, 0.15) is 29.9 Å². The molecule has 0 radical (unpaired) electrons. The maximum atomic E-state index is 13.5. The Bertz CT molecular complexity index is 895. The topological polar surface area (TPSA) is 65.8 Å². The lowest BCUT2D eigenvalue weighted by molar-refractivity contribution is 0.0628. The van der Waals surface area contributed by atoms with E-state index in [1.807, 2.05) is 0 Å². The first-order chi connectivity index (χ1) is 11.8. The van der Waals surface area contributed by atoms with Crippen LogP contribution in [0.2, 0.25) is 0 Å². The largest absolute Gasteiger partial charge is 0.502 e. The summed E-state index contributed by atoms with van der Waals surface area (Å²) >= 11 is 0. The molecule has 0 fully saturated rings. The molecule has 0 bridgehead atoms. The Morgan fingerprint density at radius 3 is 2.52 bits per heavy atom. The van der Waals surface area contributed by atoms with Crippen LogP contribution >= 0.6 is 0 Å². The number of hydrogen-bond acceptors (Lipinski definition) is 4. The third-order valence-corrected chi connectivity index (χ3v) is 4.11. The van der Waals surface area contributed by atoms with Crippen LogP contribution in [0.4, 0.5) is 8.78 Å². The molecule has 1 aromatic heterocycles. The van der Waals surface area contributed by atoms with Crippen molar-refractivity contribution in [3.63, 3.8) is 0 Å². The number of carbonyl (C=O) groups is 1. The number of fused-ring (bicyclic) bond motifs is 1. The molecule has 3 rings (SSSR count). The van der Waals surface area contributed by atoms with Crippen molar-refractivity contribution in [1.29, 1.82) is 0 Å². The number of benzene rings is 1. The Morgan fingerprint density at radius 2 is 1.88 bits per heavy atom. The Kier molecular flexibility index (Phi) is 4.20. The Balaban J connectivity index is 2.06. The summed E-state index contributed by atoms with van der Waals surface area (Å²) in [5, 5.41) is 11.7. The molecule has 2 heterocycles. The molecule has 0 spiro atoms. The summed E-state index contributed by atoms with van der Waals surface area (Å²) in [6.07, 6.45) is 1.38. The molecule has 8 heteroatoms. The zero-order valence-corrected chi connectivity index (χ0v) is 13.7. The SMILES string of the molecule is CC(C)N1CN(Cc2ccc(F)c(F)c2)n2ccc(=O)c(O)c2C1=O.